The highest BCUT2D eigenvalue weighted by Crippen LogP contribution is 1.89. The predicted octanol–water partition coefficient (Wildman–Crippen LogP) is -0.267. The molecule has 0 aromatic rings. The molecule has 0 aromatic carbocycles. The maximum Gasteiger partial charge on any atom is 0.304 e. The maximum absolute atomic E-state index is 11.6. The Hall–Kier alpha value is -0.200. The zero-order valence-corrected chi connectivity index (χ0v) is 6.06. The van der Waals surface area contributed by atoms with Gasteiger partial charge in [0, 0.05) is 0 Å². The van der Waals surface area contributed by atoms with E-state index in [0.717, 1.165) is 0 Å². The lowest BCUT2D eigenvalue weighted by molar-refractivity contribution is 0.0711. The molecule has 0 N–H and O–H groups in total. The maximum atomic E-state index is 11.6. The molecule has 0 bridgehead atoms. The van der Waals surface area contributed by atoms with E-state index >= 15 is 0 Å². The summed E-state index contributed by atoms with van der Waals surface area (Å²) < 4.78 is 35.6. The van der Waals surface area contributed by atoms with Gasteiger partial charge in [-0.25, -0.2) is 5.11 Å². The monoisotopic (exact) mass is 171 g/mol. The first-order chi connectivity index (χ1) is 4.56. The molecule has 0 aliphatic rings. The Morgan fingerprint density at radius 2 is 1.90 bits per heavy atom. The fourth-order valence-corrected chi connectivity index (χ4v) is 0.636. The second kappa shape index (κ2) is 4.59. The molecule has 0 aliphatic heterocycles. The largest absolute Gasteiger partial charge is 0.378 e. The summed E-state index contributed by atoms with van der Waals surface area (Å²) in [5.41, 5.74) is 0. The number of hydrogen-bond donors (Lipinski definition) is 0. The van der Waals surface area contributed by atoms with Crippen LogP contribution >= 0.6 is 0 Å². The van der Waals surface area contributed by atoms with Crippen LogP contribution in [0.1, 0.15) is 0 Å². The van der Waals surface area contributed by atoms with E-state index < -0.39 is 22.6 Å². The van der Waals surface area contributed by atoms with E-state index in [-0.39, 0.29) is 13.2 Å². The third-order valence-corrected chi connectivity index (χ3v) is 1.35. The van der Waals surface area contributed by atoms with Crippen LogP contribution in [0.4, 0.5) is 3.89 Å². The number of hydrogen-bond acceptors (Lipinski definition) is 3. The molecule has 6 heteroatoms. The average Bonchev–Trinajstić information content (AvgIpc) is 1.78. The van der Waals surface area contributed by atoms with Crippen molar-refractivity contribution in [3.8, 4) is 0 Å². The van der Waals surface area contributed by atoms with Gasteiger partial charge < -0.3 is 4.74 Å². The zero-order chi connectivity index (χ0) is 8.04. The normalized spacial score (nSPS) is 11.8. The lowest BCUT2D eigenvalue weighted by Crippen LogP contribution is -2.09. The Kier molecular flexibility index (Phi) is 4.50. The van der Waals surface area contributed by atoms with Crippen molar-refractivity contribution < 1.29 is 22.1 Å². The average molecular weight is 171 g/mol. The fourth-order valence-electron chi connectivity index (χ4n) is 0.319. The summed E-state index contributed by atoms with van der Waals surface area (Å²) in [5.74, 6) is -0.674. The van der Waals surface area contributed by atoms with E-state index in [9.17, 15) is 17.4 Å². The summed E-state index contributed by atoms with van der Waals surface area (Å²) in [7, 11) is -4.43. The molecule has 4 nitrogen and oxygen atoms in total. The molecular weight excluding hydrogens is 163 g/mol. The van der Waals surface area contributed by atoms with Gasteiger partial charge in [0.2, 0.25) is 0 Å². The van der Waals surface area contributed by atoms with Crippen LogP contribution < -0.4 is 0 Å². The molecule has 0 aromatic heterocycles. The SMILES string of the molecule is [O]CCOCCS(=O)(=O)F. The van der Waals surface area contributed by atoms with Gasteiger partial charge in [-0.1, -0.05) is 0 Å². The van der Waals surface area contributed by atoms with E-state index in [1.54, 1.807) is 0 Å². The molecule has 0 amide bonds. The Balaban J connectivity index is 3.21. The number of halogens is 1. The van der Waals surface area contributed by atoms with Crippen molar-refractivity contribution in [2.75, 3.05) is 25.6 Å². The highest BCUT2D eigenvalue weighted by atomic mass is 32.3. The summed E-state index contributed by atoms with van der Waals surface area (Å²) in [4.78, 5) is 0. The summed E-state index contributed by atoms with van der Waals surface area (Å²) in [6, 6.07) is 0. The fraction of sp³-hybridized carbons (Fsp3) is 1.00. The van der Waals surface area contributed by atoms with Crippen LogP contribution in [0.15, 0.2) is 0 Å². The number of ether oxygens (including phenoxy) is 1. The predicted molar refractivity (Wildman–Crippen MR) is 31.3 cm³/mol. The topological polar surface area (TPSA) is 63.3 Å². The molecule has 0 spiro atoms. The first-order valence-corrected chi connectivity index (χ1v) is 4.19. The molecular formula is C4H8FO4S. The van der Waals surface area contributed by atoms with E-state index in [1.807, 2.05) is 0 Å². The lowest BCUT2D eigenvalue weighted by Gasteiger charge is -1.96. The minimum atomic E-state index is -4.43. The standard InChI is InChI=1S/C4H8FO4S/c5-10(7,8)4-3-9-2-1-6/h1-4H2. The summed E-state index contributed by atoms with van der Waals surface area (Å²) in [5, 5.41) is 9.69. The Morgan fingerprint density at radius 1 is 1.30 bits per heavy atom. The van der Waals surface area contributed by atoms with Crippen LogP contribution in [0.3, 0.4) is 0 Å². The lowest BCUT2D eigenvalue weighted by atomic mass is 10.7. The molecule has 0 heterocycles. The van der Waals surface area contributed by atoms with Gasteiger partial charge in [0.1, 0.15) is 12.4 Å². The van der Waals surface area contributed by atoms with Gasteiger partial charge in [0.25, 0.3) is 0 Å². The molecule has 0 rings (SSSR count). The van der Waals surface area contributed by atoms with Crippen LogP contribution in [0.2, 0.25) is 0 Å². The second-order valence-corrected chi connectivity index (χ2v) is 3.05. The van der Waals surface area contributed by atoms with Crippen LogP contribution in [-0.2, 0) is 20.1 Å². The van der Waals surface area contributed by atoms with Crippen molar-refractivity contribution in [2.45, 2.75) is 0 Å². The molecule has 0 aliphatic carbocycles. The number of rotatable bonds is 5. The van der Waals surface area contributed by atoms with E-state index in [1.165, 1.54) is 0 Å². The van der Waals surface area contributed by atoms with E-state index in [4.69, 9.17) is 0 Å². The van der Waals surface area contributed by atoms with Crippen LogP contribution in [0, 0.1) is 0 Å². The third-order valence-electron chi connectivity index (χ3n) is 0.699. The van der Waals surface area contributed by atoms with Crippen LogP contribution in [0.25, 0.3) is 0 Å². The first kappa shape index (κ1) is 9.80. The van der Waals surface area contributed by atoms with Crippen molar-refractivity contribution in [3.05, 3.63) is 0 Å². The first-order valence-electron chi connectivity index (χ1n) is 2.64. The molecule has 61 valence electrons. The van der Waals surface area contributed by atoms with Gasteiger partial charge in [0.05, 0.1) is 13.2 Å². The summed E-state index contributed by atoms with van der Waals surface area (Å²) in [6.07, 6.45) is 0. The Morgan fingerprint density at radius 3 is 2.30 bits per heavy atom. The third kappa shape index (κ3) is 7.80. The molecule has 0 saturated heterocycles. The van der Waals surface area contributed by atoms with Gasteiger partial charge >= 0.3 is 10.2 Å². The van der Waals surface area contributed by atoms with E-state index in [2.05, 4.69) is 4.74 Å². The quantitative estimate of drug-likeness (QED) is 0.422. The van der Waals surface area contributed by atoms with Gasteiger partial charge in [0.15, 0.2) is 0 Å². The molecule has 0 fully saturated rings. The van der Waals surface area contributed by atoms with Gasteiger partial charge in [-0.3, -0.25) is 0 Å². The molecule has 0 atom stereocenters. The van der Waals surface area contributed by atoms with Gasteiger partial charge in [-0.2, -0.15) is 8.42 Å². The van der Waals surface area contributed by atoms with Crippen LogP contribution in [0.5, 0.6) is 0 Å². The van der Waals surface area contributed by atoms with Crippen molar-refractivity contribution >= 4 is 10.2 Å². The highest BCUT2D eigenvalue weighted by Gasteiger charge is 2.05. The minimum Gasteiger partial charge on any atom is -0.378 e. The van der Waals surface area contributed by atoms with Gasteiger partial charge in [-0.05, 0) is 0 Å². The van der Waals surface area contributed by atoms with Crippen molar-refractivity contribution in [2.24, 2.45) is 0 Å². The van der Waals surface area contributed by atoms with Gasteiger partial charge in [-0.15, -0.1) is 3.89 Å². The van der Waals surface area contributed by atoms with E-state index in [0.29, 0.717) is 0 Å². The summed E-state index contributed by atoms with van der Waals surface area (Å²) in [6.45, 7) is -0.761. The van der Waals surface area contributed by atoms with Crippen molar-refractivity contribution in [3.63, 3.8) is 0 Å². The smallest absolute Gasteiger partial charge is 0.304 e. The summed E-state index contributed by atoms with van der Waals surface area (Å²) >= 11 is 0. The molecule has 0 saturated carbocycles. The highest BCUT2D eigenvalue weighted by molar-refractivity contribution is 7.86. The second-order valence-electron chi connectivity index (χ2n) is 1.56. The zero-order valence-electron chi connectivity index (χ0n) is 5.25. The Bertz CT molecular complexity index is 164. The van der Waals surface area contributed by atoms with Crippen LogP contribution in [-0.4, -0.2) is 34.0 Å². The molecule has 0 unspecified atom stereocenters. The minimum absolute atomic E-state index is 0.0739. The molecule has 10 heavy (non-hydrogen) atoms. The van der Waals surface area contributed by atoms with Crippen molar-refractivity contribution in [1.29, 1.82) is 0 Å². The molecule has 1 radical (unpaired) electrons. The Labute approximate surface area is 58.8 Å². The van der Waals surface area contributed by atoms with Crippen molar-refractivity contribution in [1.82, 2.24) is 0 Å².